The molecule has 0 aliphatic carbocycles. The van der Waals surface area contributed by atoms with E-state index in [1.165, 1.54) is 4.88 Å². The number of rotatable bonds is 3. The van der Waals surface area contributed by atoms with Gasteiger partial charge in [-0.05, 0) is 13.3 Å². The smallest absolute Gasteiger partial charge is 0.229 e. The third-order valence-corrected chi connectivity index (χ3v) is 4.06. The minimum absolute atomic E-state index is 0.211. The largest absolute Gasteiger partial charge is 0.340 e. The maximum absolute atomic E-state index is 12.0. The molecule has 1 aromatic rings. The summed E-state index contributed by atoms with van der Waals surface area (Å²) in [5.41, 5.74) is 1.14. The molecule has 1 saturated heterocycles. The second kappa shape index (κ2) is 5.60. The number of carbonyl (C=O) groups excluding carboxylic acids is 1. The molecular formula is C12H19N3OS. The van der Waals surface area contributed by atoms with Crippen LogP contribution in [-0.2, 0) is 17.6 Å². The van der Waals surface area contributed by atoms with Crippen molar-refractivity contribution in [2.75, 3.05) is 26.2 Å². The highest BCUT2D eigenvalue weighted by molar-refractivity contribution is 7.11. The quantitative estimate of drug-likeness (QED) is 0.873. The summed E-state index contributed by atoms with van der Waals surface area (Å²) in [7, 11) is 0. The molecule has 0 radical (unpaired) electrons. The van der Waals surface area contributed by atoms with E-state index in [4.69, 9.17) is 0 Å². The number of aromatic nitrogens is 1. The van der Waals surface area contributed by atoms with Gasteiger partial charge in [0, 0.05) is 31.1 Å². The van der Waals surface area contributed by atoms with Crippen LogP contribution in [0.1, 0.15) is 22.5 Å². The number of aryl methyl sites for hydroxylation is 2. The first-order chi connectivity index (χ1) is 8.20. The highest BCUT2D eigenvalue weighted by atomic mass is 32.1. The van der Waals surface area contributed by atoms with Gasteiger partial charge in [0.15, 0.2) is 0 Å². The molecule has 0 saturated carbocycles. The summed E-state index contributed by atoms with van der Waals surface area (Å²) in [6.07, 6.45) is 1.41. The molecule has 0 spiro atoms. The average molecular weight is 253 g/mol. The lowest BCUT2D eigenvalue weighted by Gasteiger charge is -2.27. The van der Waals surface area contributed by atoms with Gasteiger partial charge in [0.25, 0.3) is 0 Å². The molecule has 94 valence electrons. The SMILES string of the molecule is CCc1nc(CC(=O)N2CCNCC2)sc1C. The highest BCUT2D eigenvalue weighted by Crippen LogP contribution is 2.18. The molecule has 2 heterocycles. The van der Waals surface area contributed by atoms with Gasteiger partial charge >= 0.3 is 0 Å². The first-order valence-electron chi connectivity index (χ1n) is 6.14. The summed E-state index contributed by atoms with van der Waals surface area (Å²) in [5, 5.41) is 4.21. The van der Waals surface area contributed by atoms with E-state index >= 15 is 0 Å². The number of thiazole rings is 1. The van der Waals surface area contributed by atoms with Crippen LogP contribution < -0.4 is 5.32 Å². The second-order valence-electron chi connectivity index (χ2n) is 4.27. The number of hydrogen-bond donors (Lipinski definition) is 1. The van der Waals surface area contributed by atoms with Crippen LogP contribution in [0.2, 0.25) is 0 Å². The van der Waals surface area contributed by atoms with Gasteiger partial charge in [0.05, 0.1) is 12.1 Å². The van der Waals surface area contributed by atoms with Gasteiger partial charge in [0.2, 0.25) is 5.91 Å². The minimum atomic E-state index is 0.211. The summed E-state index contributed by atoms with van der Waals surface area (Å²) in [4.78, 5) is 19.7. The first-order valence-corrected chi connectivity index (χ1v) is 6.96. The van der Waals surface area contributed by atoms with Crippen molar-refractivity contribution in [2.45, 2.75) is 26.7 Å². The predicted octanol–water partition coefficient (Wildman–Crippen LogP) is 0.988. The monoisotopic (exact) mass is 253 g/mol. The zero-order valence-electron chi connectivity index (χ0n) is 10.5. The van der Waals surface area contributed by atoms with E-state index in [2.05, 4.69) is 24.1 Å². The third-order valence-electron chi connectivity index (χ3n) is 3.04. The zero-order chi connectivity index (χ0) is 12.3. The zero-order valence-corrected chi connectivity index (χ0v) is 11.3. The lowest BCUT2D eigenvalue weighted by molar-refractivity contribution is -0.131. The summed E-state index contributed by atoms with van der Waals surface area (Å²) >= 11 is 1.66. The average Bonchev–Trinajstić information content (AvgIpc) is 2.70. The summed E-state index contributed by atoms with van der Waals surface area (Å²) in [5.74, 6) is 0.211. The summed E-state index contributed by atoms with van der Waals surface area (Å²) in [6.45, 7) is 7.64. The molecule has 2 rings (SSSR count). The molecule has 0 atom stereocenters. The van der Waals surface area contributed by atoms with Crippen molar-refractivity contribution in [1.29, 1.82) is 0 Å². The number of carbonyl (C=O) groups is 1. The lowest BCUT2D eigenvalue weighted by atomic mass is 10.3. The van der Waals surface area contributed by atoms with E-state index < -0.39 is 0 Å². The summed E-state index contributed by atoms with van der Waals surface area (Å²) < 4.78 is 0. The van der Waals surface area contributed by atoms with E-state index in [1.54, 1.807) is 11.3 Å². The highest BCUT2D eigenvalue weighted by Gasteiger charge is 2.18. The Morgan fingerprint density at radius 2 is 2.18 bits per heavy atom. The van der Waals surface area contributed by atoms with Gasteiger partial charge in [-0.1, -0.05) is 6.92 Å². The van der Waals surface area contributed by atoms with E-state index in [9.17, 15) is 4.79 Å². The van der Waals surface area contributed by atoms with E-state index in [0.29, 0.717) is 6.42 Å². The number of nitrogens with one attached hydrogen (secondary N) is 1. The molecule has 1 fully saturated rings. The van der Waals surface area contributed by atoms with Crippen LogP contribution in [0.3, 0.4) is 0 Å². The van der Waals surface area contributed by atoms with Crippen LogP contribution >= 0.6 is 11.3 Å². The molecule has 1 aliphatic rings. The minimum Gasteiger partial charge on any atom is -0.340 e. The Morgan fingerprint density at radius 3 is 2.76 bits per heavy atom. The predicted molar refractivity (Wildman–Crippen MR) is 69.4 cm³/mol. The summed E-state index contributed by atoms with van der Waals surface area (Å²) in [6, 6.07) is 0. The molecule has 5 heteroatoms. The maximum Gasteiger partial charge on any atom is 0.229 e. The normalized spacial score (nSPS) is 16.2. The van der Waals surface area contributed by atoms with Crippen molar-refractivity contribution in [3.63, 3.8) is 0 Å². The fourth-order valence-corrected chi connectivity index (χ4v) is 3.06. The van der Waals surface area contributed by atoms with Gasteiger partial charge in [0.1, 0.15) is 5.01 Å². The van der Waals surface area contributed by atoms with Crippen LogP contribution in [0.25, 0.3) is 0 Å². The molecule has 1 amide bonds. The standard InChI is InChI=1S/C12H19N3OS/c1-3-10-9(2)17-11(14-10)8-12(16)15-6-4-13-5-7-15/h13H,3-8H2,1-2H3. The lowest BCUT2D eigenvalue weighted by Crippen LogP contribution is -2.46. The fraction of sp³-hybridized carbons (Fsp3) is 0.667. The van der Waals surface area contributed by atoms with Gasteiger partial charge in [-0.3, -0.25) is 4.79 Å². The number of amides is 1. The van der Waals surface area contributed by atoms with Crippen LogP contribution in [0.5, 0.6) is 0 Å². The van der Waals surface area contributed by atoms with Crippen LogP contribution in [0, 0.1) is 6.92 Å². The van der Waals surface area contributed by atoms with E-state index in [0.717, 1.165) is 43.3 Å². The molecule has 0 aromatic carbocycles. The molecule has 1 aliphatic heterocycles. The fourth-order valence-electron chi connectivity index (χ4n) is 2.05. The number of nitrogens with zero attached hydrogens (tertiary/aromatic N) is 2. The van der Waals surface area contributed by atoms with Gasteiger partial charge in [-0.2, -0.15) is 0 Å². The topological polar surface area (TPSA) is 45.2 Å². The number of piperazine rings is 1. The van der Waals surface area contributed by atoms with Gasteiger partial charge < -0.3 is 10.2 Å². The van der Waals surface area contributed by atoms with Crippen LogP contribution in [0.15, 0.2) is 0 Å². The second-order valence-corrected chi connectivity index (χ2v) is 5.56. The van der Waals surface area contributed by atoms with E-state index in [1.807, 2.05) is 4.90 Å². The first kappa shape index (κ1) is 12.5. The molecule has 17 heavy (non-hydrogen) atoms. The van der Waals surface area contributed by atoms with Crippen LogP contribution in [0.4, 0.5) is 0 Å². The van der Waals surface area contributed by atoms with Gasteiger partial charge in [-0.15, -0.1) is 11.3 Å². The Morgan fingerprint density at radius 1 is 1.47 bits per heavy atom. The van der Waals surface area contributed by atoms with Crippen LogP contribution in [-0.4, -0.2) is 42.0 Å². The maximum atomic E-state index is 12.0. The molecule has 1 N–H and O–H groups in total. The Balaban J connectivity index is 1.97. The molecule has 1 aromatic heterocycles. The van der Waals surface area contributed by atoms with Crippen molar-refractivity contribution in [3.8, 4) is 0 Å². The molecule has 0 bridgehead atoms. The van der Waals surface area contributed by atoms with Crippen molar-refractivity contribution in [3.05, 3.63) is 15.6 Å². The molecule has 0 unspecified atom stereocenters. The van der Waals surface area contributed by atoms with E-state index in [-0.39, 0.29) is 5.91 Å². The van der Waals surface area contributed by atoms with Crippen molar-refractivity contribution in [2.24, 2.45) is 0 Å². The van der Waals surface area contributed by atoms with Crippen molar-refractivity contribution >= 4 is 17.2 Å². The molecular weight excluding hydrogens is 234 g/mol. The molecule has 4 nitrogen and oxygen atoms in total. The van der Waals surface area contributed by atoms with Gasteiger partial charge in [-0.25, -0.2) is 4.98 Å². The Kier molecular flexibility index (Phi) is 4.12. The Labute approximate surface area is 106 Å². The number of hydrogen-bond acceptors (Lipinski definition) is 4. The Hall–Kier alpha value is -0.940. The van der Waals surface area contributed by atoms with Crippen molar-refractivity contribution < 1.29 is 4.79 Å². The van der Waals surface area contributed by atoms with Crippen molar-refractivity contribution in [1.82, 2.24) is 15.2 Å². The third kappa shape index (κ3) is 3.04. The Bertz CT molecular complexity index is 396.